The van der Waals surface area contributed by atoms with Crippen molar-refractivity contribution in [3.8, 4) is 0 Å². The van der Waals surface area contributed by atoms with E-state index in [0.717, 1.165) is 0 Å². The summed E-state index contributed by atoms with van der Waals surface area (Å²) in [6.45, 7) is 3.30. The van der Waals surface area contributed by atoms with Crippen LogP contribution in [-0.4, -0.2) is 10.9 Å². The number of halogens is 1. The van der Waals surface area contributed by atoms with Crippen molar-refractivity contribution in [1.82, 2.24) is 10.3 Å². The number of carbonyl (C=O) groups is 1. The van der Waals surface area contributed by atoms with Crippen LogP contribution in [0.5, 0.6) is 0 Å². The summed E-state index contributed by atoms with van der Waals surface area (Å²) in [5.41, 5.74) is 0.508. The third kappa shape index (κ3) is 2.20. The second-order valence-corrected chi connectivity index (χ2v) is 2.52. The molecule has 3 nitrogen and oxygen atoms in total. The molecule has 0 aliphatic heterocycles. The topological polar surface area (TPSA) is 42.0 Å². The number of amides is 1. The number of nitrogens with zero attached hydrogens (tertiary/aromatic N) is 1. The van der Waals surface area contributed by atoms with Crippen LogP contribution in [0, 0.1) is 6.54 Å². The van der Waals surface area contributed by atoms with Crippen molar-refractivity contribution in [1.29, 1.82) is 0 Å². The van der Waals surface area contributed by atoms with Crippen molar-refractivity contribution < 1.29 is 4.79 Å². The minimum Gasteiger partial charge on any atom is -0.348 e. The van der Waals surface area contributed by atoms with Gasteiger partial charge in [0.1, 0.15) is 5.15 Å². The average molecular weight is 184 g/mol. The molecule has 12 heavy (non-hydrogen) atoms. The zero-order valence-electron chi connectivity index (χ0n) is 6.54. The van der Waals surface area contributed by atoms with Gasteiger partial charge in [0, 0.05) is 18.3 Å². The van der Waals surface area contributed by atoms with Crippen LogP contribution in [-0.2, 0) is 0 Å². The Kier molecular flexibility index (Phi) is 3.05. The van der Waals surface area contributed by atoms with E-state index in [4.69, 9.17) is 11.6 Å². The Morgan fingerprint density at radius 3 is 3.08 bits per heavy atom. The van der Waals surface area contributed by atoms with Gasteiger partial charge in [-0.1, -0.05) is 11.6 Å². The van der Waals surface area contributed by atoms with E-state index >= 15 is 0 Å². The molecule has 63 valence electrons. The summed E-state index contributed by atoms with van der Waals surface area (Å²) < 4.78 is 0. The van der Waals surface area contributed by atoms with Crippen LogP contribution in [0.3, 0.4) is 0 Å². The van der Waals surface area contributed by atoms with Gasteiger partial charge in [-0.3, -0.25) is 4.79 Å². The Balaban J connectivity index is 2.81. The highest BCUT2D eigenvalue weighted by Gasteiger charge is 2.03. The molecule has 0 bridgehead atoms. The highest BCUT2D eigenvalue weighted by Crippen LogP contribution is 2.06. The summed E-state index contributed by atoms with van der Waals surface area (Å²) in [6, 6.07) is 3.12. The molecular formula is C8H8ClN2O. The van der Waals surface area contributed by atoms with Crippen molar-refractivity contribution in [2.45, 2.75) is 6.92 Å². The first-order valence-corrected chi connectivity index (χ1v) is 3.82. The number of nitrogens with one attached hydrogen (secondary N) is 1. The van der Waals surface area contributed by atoms with Crippen LogP contribution in [0.1, 0.15) is 17.3 Å². The van der Waals surface area contributed by atoms with E-state index in [1.807, 2.05) is 0 Å². The van der Waals surface area contributed by atoms with Crippen LogP contribution >= 0.6 is 11.6 Å². The third-order valence-electron chi connectivity index (χ3n) is 1.26. The minimum absolute atomic E-state index is 0.179. The standard InChI is InChI=1S/C8H8ClN2O/c1-2-10-8(12)6-3-4-11-7(9)5-6/h2-5H,1H3,(H,10,12). The molecule has 1 heterocycles. The number of carbonyl (C=O) groups excluding carboxylic acids is 1. The fraction of sp³-hybridized carbons (Fsp3) is 0.125. The van der Waals surface area contributed by atoms with Gasteiger partial charge in [-0.05, 0) is 19.1 Å². The molecule has 0 saturated carbocycles. The molecule has 4 heteroatoms. The smallest absolute Gasteiger partial charge is 0.251 e. The van der Waals surface area contributed by atoms with Crippen molar-refractivity contribution in [2.75, 3.05) is 0 Å². The van der Waals surface area contributed by atoms with E-state index in [1.54, 1.807) is 19.5 Å². The number of pyridine rings is 1. The fourth-order valence-corrected chi connectivity index (χ4v) is 0.932. The molecule has 1 radical (unpaired) electrons. The van der Waals surface area contributed by atoms with E-state index in [1.165, 1.54) is 12.3 Å². The van der Waals surface area contributed by atoms with Gasteiger partial charge in [-0.2, -0.15) is 0 Å². The van der Waals surface area contributed by atoms with Crippen molar-refractivity contribution in [3.05, 3.63) is 35.6 Å². The van der Waals surface area contributed by atoms with Gasteiger partial charge in [0.2, 0.25) is 0 Å². The van der Waals surface area contributed by atoms with Gasteiger partial charge >= 0.3 is 0 Å². The van der Waals surface area contributed by atoms with Gasteiger partial charge in [-0.25, -0.2) is 4.98 Å². The molecule has 0 unspecified atom stereocenters. The Labute approximate surface area is 75.8 Å². The van der Waals surface area contributed by atoms with E-state index in [-0.39, 0.29) is 5.91 Å². The minimum atomic E-state index is -0.179. The van der Waals surface area contributed by atoms with Crippen molar-refractivity contribution >= 4 is 17.5 Å². The summed E-state index contributed by atoms with van der Waals surface area (Å²) in [6.07, 6.45) is 1.49. The zero-order valence-corrected chi connectivity index (χ0v) is 7.30. The Bertz CT molecular complexity index is 288. The molecule has 0 fully saturated rings. The van der Waals surface area contributed by atoms with E-state index in [2.05, 4.69) is 10.3 Å². The Hall–Kier alpha value is -1.09. The predicted octanol–water partition coefficient (Wildman–Crippen LogP) is 1.65. The third-order valence-corrected chi connectivity index (χ3v) is 1.47. The molecule has 1 rings (SSSR count). The van der Waals surface area contributed by atoms with Crippen LogP contribution in [0.2, 0.25) is 5.15 Å². The lowest BCUT2D eigenvalue weighted by molar-refractivity contribution is 0.0964. The molecule has 1 aromatic heterocycles. The largest absolute Gasteiger partial charge is 0.348 e. The molecule has 0 aliphatic carbocycles. The molecule has 0 aromatic carbocycles. The maximum atomic E-state index is 11.2. The van der Waals surface area contributed by atoms with Gasteiger partial charge in [-0.15, -0.1) is 0 Å². The average Bonchev–Trinajstić information content (AvgIpc) is 2.05. The molecular weight excluding hydrogens is 176 g/mol. The van der Waals surface area contributed by atoms with Gasteiger partial charge < -0.3 is 5.32 Å². The Morgan fingerprint density at radius 1 is 1.75 bits per heavy atom. The van der Waals surface area contributed by atoms with Crippen LogP contribution < -0.4 is 5.32 Å². The molecule has 1 aromatic rings. The highest BCUT2D eigenvalue weighted by molar-refractivity contribution is 6.29. The molecule has 0 saturated heterocycles. The summed E-state index contributed by atoms with van der Waals surface area (Å²) in [5.74, 6) is -0.179. The lowest BCUT2D eigenvalue weighted by atomic mass is 10.2. The van der Waals surface area contributed by atoms with Crippen molar-refractivity contribution in [3.63, 3.8) is 0 Å². The number of hydrogen-bond acceptors (Lipinski definition) is 2. The molecule has 1 N–H and O–H groups in total. The normalized spacial score (nSPS) is 9.50. The van der Waals surface area contributed by atoms with E-state index in [9.17, 15) is 4.79 Å². The molecule has 0 spiro atoms. The first-order valence-electron chi connectivity index (χ1n) is 3.44. The first-order chi connectivity index (χ1) is 5.74. The number of rotatable bonds is 2. The van der Waals surface area contributed by atoms with Crippen LogP contribution in [0.25, 0.3) is 0 Å². The second-order valence-electron chi connectivity index (χ2n) is 2.13. The summed E-state index contributed by atoms with van der Waals surface area (Å²) in [7, 11) is 0. The van der Waals surface area contributed by atoms with Crippen LogP contribution in [0.15, 0.2) is 18.3 Å². The lowest BCUT2D eigenvalue weighted by Gasteiger charge is -2.00. The SMILES string of the molecule is C[CH]NC(=O)c1ccnc(Cl)c1. The Morgan fingerprint density at radius 2 is 2.50 bits per heavy atom. The summed E-state index contributed by atoms with van der Waals surface area (Å²) >= 11 is 5.59. The highest BCUT2D eigenvalue weighted by atomic mass is 35.5. The van der Waals surface area contributed by atoms with E-state index in [0.29, 0.717) is 10.7 Å². The monoisotopic (exact) mass is 183 g/mol. The van der Waals surface area contributed by atoms with Gasteiger partial charge in [0.25, 0.3) is 5.91 Å². The van der Waals surface area contributed by atoms with Crippen molar-refractivity contribution in [2.24, 2.45) is 0 Å². The van der Waals surface area contributed by atoms with Gasteiger partial charge in [0.05, 0.1) is 0 Å². The molecule has 1 amide bonds. The van der Waals surface area contributed by atoms with Gasteiger partial charge in [0.15, 0.2) is 0 Å². The predicted molar refractivity (Wildman–Crippen MR) is 46.7 cm³/mol. The number of aromatic nitrogens is 1. The fourth-order valence-electron chi connectivity index (χ4n) is 0.758. The summed E-state index contributed by atoms with van der Waals surface area (Å²) in [4.78, 5) is 14.9. The first kappa shape index (κ1) is 9.00. The second kappa shape index (κ2) is 4.07. The molecule has 0 aliphatic rings. The molecule has 0 atom stereocenters. The maximum Gasteiger partial charge on any atom is 0.251 e. The quantitative estimate of drug-likeness (QED) is 0.709. The summed E-state index contributed by atoms with van der Waals surface area (Å²) in [5, 5.41) is 2.86. The maximum absolute atomic E-state index is 11.2. The number of hydrogen-bond donors (Lipinski definition) is 1. The zero-order chi connectivity index (χ0) is 8.97. The van der Waals surface area contributed by atoms with E-state index < -0.39 is 0 Å². The van der Waals surface area contributed by atoms with Crippen LogP contribution in [0.4, 0.5) is 0 Å². The lowest BCUT2D eigenvalue weighted by Crippen LogP contribution is -2.19.